The zero-order chi connectivity index (χ0) is 23.7. The number of aromatic nitrogens is 2. The van der Waals surface area contributed by atoms with E-state index in [0.717, 1.165) is 5.56 Å². The van der Waals surface area contributed by atoms with E-state index in [1.54, 1.807) is 36.4 Å². The molecule has 1 N–H and O–H groups in total. The molecule has 0 bridgehead atoms. The van der Waals surface area contributed by atoms with Crippen molar-refractivity contribution in [3.63, 3.8) is 0 Å². The van der Waals surface area contributed by atoms with E-state index < -0.39 is 17.7 Å². The molecule has 1 amide bonds. The molecule has 7 nitrogen and oxygen atoms in total. The number of hydrogen-bond donors (Lipinski definition) is 1. The van der Waals surface area contributed by atoms with Gasteiger partial charge >= 0.3 is 5.91 Å². The fraction of sp³-hybridized carbons (Fsp3) is 0.0833. The Bertz CT molecular complexity index is 1370. The smallest absolute Gasteiger partial charge is 0.302 e. The molecule has 2 aromatic carbocycles. The van der Waals surface area contributed by atoms with Crippen molar-refractivity contribution in [2.75, 3.05) is 4.90 Å². The predicted octanol–water partition coefficient (Wildman–Crippen LogP) is 5.70. The van der Waals surface area contributed by atoms with Crippen molar-refractivity contribution in [3.05, 3.63) is 100 Å². The maximum Gasteiger partial charge on any atom is 0.302 e. The molecule has 170 valence electrons. The van der Waals surface area contributed by atoms with Gasteiger partial charge in [-0.2, -0.15) is 0 Å². The molecular weight excluding hydrogens is 494 g/mol. The first kappa shape index (κ1) is 22.4. The minimum Gasteiger partial charge on any atom is -0.507 e. The molecule has 0 aliphatic carbocycles. The Morgan fingerprint density at radius 1 is 1.06 bits per heavy atom. The molecule has 4 aromatic rings. The number of thioether (sulfide) groups is 1. The Kier molecular flexibility index (Phi) is 6.23. The molecule has 3 heterocycles. The van der Waals surface area contributed by atoms with Crippen LogP contribution in [0.2, 0.25) is 5.02 Å². The number of hydrogen-bond acceptors (Lipinski definition) is 8. The number of halogens is 1. The van der Waals surface area contributed by atoms with Gasteiger partial charge in [0, 0.05) is 16.3 Å². The number of benzene rings is 2. The summed E-state index contributed by atoms with van der Waals surface area (Å²) in [5, 5.41) is 20.1. The molecule has 1 atom stereocenters. The number of ketones is 1. The van der Waals surface area contributed by atoms with Gasteiger partial charge in [0.15, 0.2) is 4.34 Å². The summed E-state index contributed by atoms with van der Waals surface area (Å²) in [6.45, 7) is 0. The third kappa shape index (κ3) is 4.25. The first-order valence-corrected chi connectivity index (χ1v) is 12.3. The van der Waals surface area contributed by atoms with Gasteiger partial charge in [-0.25, -0.2) is 0 Å². The molecule has 0 spiro atoms. The van der Waals surface area contributed by atoms with Crippen LogP contribution in [0.5, 0.6) is 0 Å². The van der Waals surface area contributed by atoms with Crippen LogP contribution >= 0.6 is 34.7 Å². The second kappa shape index (κ2) is 9.46. The molecule has 2 aromatic heterocycles. The number of Topliss-reactive ketones (excluding diaryl/α,β-unsaturated/α-hetero) is 1. The molecule has 1 saturated heterocycles. The molecule has 1 fully saturated rings. The lowest BCUT2D eigenvalue weighted by atomic mass is 9.99. The summed E-state index contributed by atoms with van der Waals surface area (Å²) in [4.78, 5) is 27.4. The van der Waals surface area contributed by atoms with Crippen LogP contribution in [0.1, 0.15) is 22.9 Å². The van der Waals surface area contributed by atoms with Gasteiger partial charge in [-0.15, -0.1) is 10.2 Å². The van der Waals surface area contributed by atoms with Gasteiger partial charge in [0.2, 0.25) is 5.13 Å². The van der Waals surface area contributed by atoms with Gasteiger partial charge in [0.25, 0.3) is 5.78 Å². The number of aliphatic hydroxyl groups is 1. The van der Waals surface area contributed by atoms with E-state index in [-0.39, 0.29) is 16.5 Å². The van der Waals surface area contributed by atoms with Crippen LogP contribution < -0.4 is 4.90 Å². The molecule has 0 saturated carbocycles. The minimum atomic E-state index is -0.981. The number of carbonyl (C=O) groups is 2. The van der Waals surface area contributed by atoms with Crippen molar-refractivity contribution in [1.82, 2.24) is 10.2 Å². The standard InChI is InChI=1S/C24H16ClN3O4S2/c25-16-10-8-15(9-11-16)20(29)18-19(17-7-4-12-32-17)28(22(31)21(18)30)23-26-27-24(34-23)33-13-14-5-2-1-3-6-14/h1-12,19,29H,13H2/b20-18+. The van der Waals surface area contributed by atoms with Gasteiger partial charge in [-0.3, -0.25) is 14.5 Å². The van der Waals surface area contributed by atoms with E-state index in [2.05, 4.69) is 10.2 Å². The monoisotopic (exact) mass is 509 g/mol. The summed E-state index contributed by atoms with van der Waals surface area (Å²) in [5.41, 5.74) is 1.40. The largest absolute Gasteiger partial charge is 0.507 e. The lowest BCUT2D eigenvalue weighted by Crippen LogP contribution is -2.29. The number of furan rings is 1. The molecule has 0 radical (unpaired) electrons. The summed E-state index contributed by atoms with van der Waals surface area (Å²) in [6.07, 6.45) is 1.44. The van der Waals surface area contributed by atoms with Crippen molar-refractivity contribution in [2.24, 2.45) is 0 Å². The fourth-order valence-electron chi connectivity index (χ4n) is 3.59. The highest BCUT2D eigenvalue weighted by Crippen LogP contribution is 2.44. The average molecular weight is 510 g/mol. The van der Waals surface area contributed by atoms with E-state index in [9.17, 15) is 14.7 Å². The van der Waals surface area contributed by atoms with Gasteiger partial charge < -0.3 is 9.52 Å². The number of rotatable bonds is 6. The number of anilines is 1. The normalized spacial score (nSPS) is 17.4. The molecule has 1 aliphatic heterocycles. The fourth-order valence-corrected chi connectivity index (χ4v) is 5.54. The van der Waals surface area contributed by atoms with E-state index >= 15 is 0 Å². The first-order valence-electron chi connectivity index (χ1n) is 10.1. The van der Waals surface area contributed by atoms with Crippen LogP contribution in [0.4, 0.5) is 5.13 Å². The van der Waals surface area contributed by atoms with Gasteiger partial charge in [-0.05, 0) is 42.0 Å². The maximum atomic E-state index is 13.1. The summed E-state index contributed by atoms with van der Waals surface area (Å²) in [6, 6.07) is 18.6. The van der Waals surface area contributed by atoms with Crippen molar-refractivity contribution in [3.8, 4) is 0 Å². The number of carbonyl (C=O) groups excluding carboxylic acids is 2. The van der Waals surface area contributed by atoms with Crippen LogP contribution in [0, 0.1) is 0 Å². The Hall–Kier alpha value is -3.40. The molecule has 10 heteroatoms. The van der Waals surface area contributed by atoms with Crippen molar-refractivity contribution in [1.29, 1.82) is 0 Å². The van der Waals surface area contributed by atoms with Gasteiger partial charge in [-0.1, -0.05) is 65.0 Å². The van der Waals surface area contributed by atoms with Crippen molar-refractivity contribution >= 4 is 57.3 Å². The molecule has 1 aliphatic rings. The lowest BCUT2D eigenvalue weighted by Gasteiger charge is -2.20. The third-order valence-corrected chi connectivity index (χ3v) is 7.56. The zero-order valence-corrected chi connectivity index (χ0v) is 19.8. The summed E-state index contributed by atoms with van der Waals surface area (Å²) in [5.74, 6) is -0.951. The number of aliphatic hydroxyl groups excluding tert-OH is 1. The number of nitrogens with zero attached hydrogens (tertiary/aromatic N) is 3. The van der Waals surface area contributed by atoms with Crippen LogP contribution in [0.3, 0.4) is 0 Å². The second-order valence-electron chi connectivity index (χ2n) is 7.32. The van der Waals surface area contributed by atoms with Crippen LogP contribution in [0.25, 0.3) is 5.76 Å². The van der Waals surface area contributed by atoms with Crippen LogP contribution in [-0.2, 0) is 15.3 Å². The lowest BCUT2D eigenvalue weighted by molar-refractivity contribution is -0.132. The molecule has 5 rings (SSSR count). The summed E-state index contributed by atoms with van der Waals surface area (Å²) < 4.78 is 6.20. The average Bonchev–Trinajstić information content (AvgIpc) is 3.59. The minimum absolute atomic E-state index is 0.0871. The summed E-state index contributed by atoms with van der Waals surface area (Å²) >= 11 is 8.63. The zero-order valence-electron chi connectivity index (χ0n) is 17.4. The Morgan fingerprint density at radius 3 is 2.53 bits per heavy atom. The third-order valence-electron chi connectivity index (χ3n) is 5.18. The van der Waals surface area contributed by atoms with Gasteiger partial charge in [0.05, 0.1) is 11.8 Å². The van der Waals surface area contributed by atoms with Crippen LogP contribution in [0.15, 0.2) is 87.3 Å². The Labute approximate surface area is 207 Å². The number of amides is 1. The highest BCUT2D eigenvalue weighted by atomic mass is 35.5. The van der Waals surface area contributed by atoms with Gasteiger partial charge in [0.1, 0.15) is 17.6 Å². The summed E-state index contributed by atoms with van der Waals surface area (Å²) in [7, 11) is 0. The van der Waals surface area contributed by atoms with Crippen molar-refractivity contribution < 1.29 is 19.1 Å². The van der Waals surface area contributed by atoms with Crippen molar-refractivity contribution in [2.45, 2.75) is 16.1 Å². The molecular formula is C24H16ClN3O4S2. The SMILES string of the molecule is O=C1C(=O)N(c2nnc(SCc3ccccc3)s2)C(c2ccco2)/C1=C(\O)c1ccc(Cl)cc1. The molecule has 1 unspecified atom stereocenters. The predicted molar refractivity (Wildman–Crippen MR) is 131 cm³/mol. The topological polar surface area (TPSA) is 96.5 Å². The Balaban J connectivity index is 1.51. The molecule has 34 heavy (non-hydrogen) atoms. The van der Waals surface area contributed by atoms with E-state index in [1.165, 1.54) is 34.3 Å². The van der Waals surface area contributed by atoms with Crippen LogP contribution in [-0.4, -0.2) is 27.0 Å². The maximum absolute atomic E-state index is 13.1. The quantitative estimate of drug-likeness (QED) is 0.117. The highest BCUT2D eigenvalue weighted by molar-refractivity contribution is 8.00. The van der Waals surface area contributed by atoms with E-state index in [4.69, 9.17) is 16.0 Å². The highest BCUT2D eigenvalue weighted by Gasteiger charge is 2.49. The van der Waals surface area contributed by atoms with E-state index in [1.807, 2.05) is 30.3 Å². The second-order valence-corrected chi connectivity index (χ2v) is 9.93. The van der Waals surface area contributed by atoms with E-state index in [0.29, 0.717) is 26.4 Å². The Morgan fingerprint density at radius 2 is 1.82 bits per heavy atom. The first-order chi connectivity index (χ1) is 16.5.